The number of aromatic nitrogens is 1. The lowest BCUT2D eigenvalue weighted by molar-refractivity contribution is -0.140. The van der Waals surface area contributed by atoms with E-state index in [1.54, 1.807) is 18.2 Å². The average molecular weight is 429 g/mol. The fourth-order valence-electron chi connectivity index (χ4n) is 2.24. The number of thiazole rings is 1. The Morgan fingerprint density at radius 1 is 1.34 bits per heavy atom. The van der Waals surface area contributed by atoms with Crippen LogP contribution in [0.3, 0.4) is 0 Å². The van der Waals surface area contributed by atoms with Crippen molar-refractivity contribution in [2.45, 2.75) is 26.1 Å². The van der Waals surface area contributed by atoms with Crippen molar-refractivity contribution in [3.8, 4) is 5.75 Å². The number of amides is 1. The second-order valence-electron chi connectivity index (χ2n) is 5.90. The molecule has 158 valence electrons. The van der Waals surface area contributed by atoms with Crippen LogP contribution in [0.4, 0.5) is 13.2 Å². The highest BCUT2D eigenvalue weighted by molar-refractivity contribution is 7.09. The molecule has 0 fully saturated rings. The first-order valence-corrected chi connectivity index (χ1v) is 9.69. The molecule has 1 aromatic heterocycles. The van der Waals surface area contributed by atoms with E-state index in [0.29, 0.717) is 42.8 Å². The fraction of sp³-hybridized carbons (Fsp3) is 0.389. The molecular weight excluding hydrogens is 407 g/mol. The minimum absolute atomic E-state index is 0.205. The molecule has 0 saturated carbocycles. The summed E-state index contributed by atoms with van der Waals surface area (Å²) < 4.78 is 43.1. The molecule has 0 atom stereocenters. The van der Waals surface area contributed by atoms with Crippen LogP contribution in [0, 0.1) is 0 Å². The predicted molar refractivity (Wildman–Crippen MR) is 105 cm³/mol. The van der Waals surface area contributed by atoms with Crippen LogP contribution >= 0.6 is 11.3 Å². The van der Waals surface area contributed by atoms with E-state index in [1.807, 2.05) is 13.0 Å². The zero-order valence-corrected chi connectivity index (χ0v) is 16.6. The van der Waals surface area contributed by atoms with E-state index in [1.165, 1.54) is 0 Å². The summed E-state index contributed by atoms with van der Waals surface area (Å²) in [7, 11) is 0. The lowest BCUT2D eigenvalue weighted by atomic mass is 10.2. The third kappa shape index (κ3) is 7.98. The molecule has 1 heterocycles. The van der Waals surface area contributed by atoms with E-state index in [0.717, 1.165) is 22.3 Å². The van der Waals surface area contributed by atoms with Gasteiger partial charge in [0.05, 0.1) is 11.6 Å². The minimum Gasteiger partial charge on any atom is -0.484 e. The number of hydrogen-bond donors (Lipinski definition) is 3. The Balaban J connectivity index is 1.90. The number of nitrogens with one attached hydrogen (secondary N) is 2. The number of aliphatic imine (C=N–C) groups is 1. The Kier molecular flexibility index (Phi) is 8.25. The van der Waals surface area contributed by atoms with Crippen LogP contribution in [-0.2, 0) is 23.9 Å². The number of alkyl halides is 3. The van der Waals surface area contributed by atoms with Crippen LogP contribution in [0.1, 0.15) is 23.2 Å². The van der Waals surface area contributed by atoms with Gasteiger partial charge in [-0.05, 0) is 24.6 Å². The van der Waals surface area contributed by atoms with Crippen molar-refractivity contribution in [1.29, 1.82) is 0 Å². The number of benzene rings is 1. The molecule has 0 unspecified atom stereocenters. The van der Waals surface area contributed by atoms with Gasteiger partial charge < -0.3 is 21.1 Å². The Morgan fingerprint density at radius 3 is 2.79 bits per heavy atom. The van der Waals surface area contributed by atoms with Gasteiger partial charge in [-0.1, -0.05) is 12.1 Å². The molecule has 0 saturated heterocycles. The maximum absolute atomic E-state index is 12.6. The molecule has 0 aliphatic heterocycles. The first-order chi connectivity index (χ1) is 13.8. The molecule has 11 heteroatoms. The standard InChI is InChI=1S/C18H22F3N5O2S/c1-2-23-17(24-7-6-16-26-14(11-29-16)18(19,20)21)25-9-12-4-3-5-13(8-12)28-10-15(22)27/h3-5,8,11H,2,6-7,9-10H2,1H3,(H2,22,27)(H2,23,24,25). The average Bonchev–Trinajstić information content (AvgIpc) is 3.14. The van der Waals surface area contributed by atoms with Crippen molar-refractivity contribution >= 4 is 23.2 Å². The van der Waals surface area contributed by atoms with E-state index < -0.39 is 17.8 Å². The van der Waals surface area contributed by atoms with Crippen molar-refractivity contribution < 1.29 is 22.7 Å². The fourth-order valence-corrected chi connectivity index (χ4v) is 3.05. The molecule has 29 heavy (non-hydrogen) atoms. The summed E-state index contributed by atoms with van der Waals surface area (Å²) in [6, 6.07) is 7.10. The number of carbonyl (C=O) groups is 1. The zero-order valence-electron chi connectivity index (χ0n) is 15.8. The number of nitrogens with two attached hydrogens (primary N) is 1. The predicted octanol–water partition coefficient (Wildman–Crippen LogP) is 2.32. The number of guanidine groups is 1. The topological polar surface area (TPSA) is 102 Å². The van der Waals surface area contributed by atoms with Crippen LogP contribution in [-0.4, -0.2) is 36.5 Å². The summed E-state index contributed by atoms with van der Waals surface area (Å²) in [5.74, 6) is 0.483. The molecule has 0 spiro atoms. The number of ether oxygens (including phenoxy) is 1. The molecule has 1 aromatic carbocycles. The highest BCUT2D eigenvalue weighted by Crippen LogP contribution is 2.30. The summed E-state index contributed by atoms with van der Waals surface area (Å²) in [6.45, 7) is 3.07. The lowest BCUT2D eigenvalue weighted by Crippen LogP contribution is -2.38. The number of nitrogens with zero attached hydrogens (tertiary/aromatic N) is 2. The Morgan fingerprint density at radius 2 is 2.14 bits per heavy atom. The number of halogens is 3. The maximum Gasteiger partial charge on any atom is 0.434 e. The monoisotopic (exact) mass is 429 g/mol. The van der Waals surface area contributed by atoms with Crippen molar-refractivity contribution in [2.24, 2.45) is 10.7 Å². The first-order valence-electron chi connectivity index (χ1n) is 8.81. The number of carbonyl (C=O) groups excluding carboxylic acids is 1. The van der Waals surface area contributed by atoms with Crippen LogP contribution in [0.5, 0.6) is 5.75 Å². The second-order valence-corrected chi connectivity index (χ2v) is 6.84. The molecule has 4 N–H and O–H groups in total. The second kappa shape index (κ2) is 10.6. The van der Waals surface area contributed by atoms with Gasteiger partial charge in [-0.15, -0.1) is 11.3 Å². The minimum atomic E-state index is -4.42. The van der Waals surface area contributed by atoms with Crippen LogP contribution in [0.15, 0.2) is 34.6 Å². The van der Waals surface area contributed by atoms with Gasteiger partial charge in [-0.25, -0.2) is 9.98 Å². The lowest BCUT2D eigenvalue weighted by Gasteiger charge is -2.11. The summed E-state index contributed by atoms with van der Waals surface area (Å²) in [5, 5.41) is 7.57. The number of primary amides is 1. The van der Waals surface area contributed by atoms with Gasteiger partial charge in [0.2, 0.25) is 0 Å². The summed E-state index contributed by atoms with van der Waals surface area (Å²) >= 11 is 0.982. The molecule has 7 nitrogen and oxygen atoms in total. The highest BCUT2D eigenvalue weighted by Gasteiger charge is 2.33. The molecule has 0 aliphatic rings. The van der Waals surface area contributed by atoms with Gasteiger partial charge in [0.25, 0.3) is 5.91 Å². The SMILES string of the molecule is CCNC(=NCc1cccc(OCC(N)=O)c1)NCCc1nc(C(F)(F)F)cs1. The Bertz CT molecular complexity index is 839. The maximum atomic E-state index is 12.6. The third-order valence-corrected chi connectivity index (χ3v) is 4.43. The molecule has 0 radical (unpaired) electrons. The van der Waals surface area contributed by atoms with Gasteiger partial charge in [-0.2, -0.15) is 13.2 Å². The van der Waals surface area contributed by atoms with E-state index in [4.69, 9.17) is 10.5 Å². The van der Waals surface area contributed by atoms with Gasteiger partial charge in [-0.3, -0.25) is 4.79 Å². The highest BCUT2D eigenvalue weighted by atomic mass is 32.1. The first kappa shape index (κ1) is 22.5. The quantitative estimate of drug-likeness (QED) is 0.420. The third-order valence-electron chi connectivity index (χ3n) is 3.52. The molecule has 0 bridgehead atoms. The van der Waals surface area contributed by atoms with Crippen LogP contribution < -0.4 is 21.1 Å². The van der Waals surface area contributed by atoms with E-state index in [-0.39, 0.29) is 6.61 Å². The zero-order chi connectivity index (χ0) is 21.3. The summed E-state index contributed by atoms with van der Waals surface area (Å²) in [5.41, 5.74) is 5.06. The van der Waals surface area contributed by atoms with Crippen molar-refractivity contribution in [2.75, 3.05) is 19.7 Å². The molecule has 2 aromatic rings. The van der Waals surface area contributed by atoms with E-state index in [2.05, 4.69) is 20.6 Å². The van der Waals surface area contributed by atoms with Gasteiger partial charge in [0.15, 0.2) is 18.3 Å². The number of hydrogen-bond acceptors (Lipinski definition) is 5. The Hall–Kier alpha value is -2.82. The van der Waals surface area contributed by atoms with Gasteiger partial charge in [0, 0.05) is 24.9 Å². The van der Waals surface area contributed by atoms with Crippen LogP contribution in [0.2, 0.25) is 0 Å². The molecule has 2 rings (SSSR count). The van der Waals surface area contributed by atoms with Crippen LogP contribution in [0.25, 0.3) is 0 Å². The largest absolute Gasteiger partial charge is 0.484 e. The van der Waals surface area contributed by atoms with Crippen molar-refractivity contribution in [1.82, 2.24) is 15.6 Å². The van der Waals surface area contributed by atoms with E-state index in [9.17, 15) is 18.0 Å². The molecule has 1 amide bonds. The molecular formula is C18H22F3N5O2S. The number of rotatable bonds is 9. The molecule has 0 aliphatic carbocycles. The summed E-state index contributed by atoms with van der Waals surface area (Å²) in [6.07, 6.45) is -4.07. The Labute approximate surface area is 170 Å². The smallest absolute Gasteiger partial charge is 0.434 e. The normalized spacial score (nSPS) is 11.9. The summed E-state index contributed by atoms with van der Waals surface area (Å²) in [4.78, 5) is 18.8. The van der Waals surface area contributed by atoms with Gasteiger partial charge in [0.1, 0.15) is 5.75 Å². The van der Waals surface area contributed by atoms with Crippen molar-refractivity contribution in [3.05, 3.63) is 45.9 Å². The van der Waals surface area contributed by atoms with Crippen molar-refractivity contribution in [3.63, 3.8) is 0 Å². The van der Waals surface area contributed by atoms with Gasteiger partial charge >= 0.3 is 6.18 Å². The van der Waals surface area contributed by atoms with E-state index >= 15 is 0 Å².